The van der Waals surface area contributed by atoms with Gasteiger partial charge in [-0.05, 0) is 43.4 Å². The van der Waals surface area contributed by atoms with Gasteiger partial charge in [0.15, 0.2) is 11.6 Å². The first kappa shape index (κ1) is 10.4. The van der Waals surface area contributed by atoms with Gasteiger partial charge in [-0.15, -0.1) is 0 Å². The number of para-hydroxylation sites is 1. The highest BCUT2D eigenvalue weighted by atomic mass is 19.1. The number of rotatable bonds is 5. The molecule has 2 rings (SSSR count). The highest BCUT2D eigenvalue weighted by Crippen LogP contribution is 2.31. The van der Waals surface area contributed by atoms with E-state index in [0.717, 1.165) is 5.56 Å². The Bertz CT molecular complexity index is 336. The van der Waals surface area contributed by atoms with Crippen LogP contribution in [0.4, 0.5) is 4.39 Å². The number of ether oxygens (including phenoxy) is 1. The third-order valence-electron chi connectivity index (χ3n) is 2.62. The summed E-state index contributed by atoms with van der Waals surface area (Å²) in [5, 5.41) is 0. The van der Waals surface area contributed by atoms with Gasteiger partial charge in [-0.2, -0.15) is 0 Å². The third-order valence-corrected chi connectivity index (χ3v) is 2.62. The smallest absolute Gasteiger partial charge is 0.165 e. The van der Waals surface area contributed by atoms with Crippen molar-refractivity contribution in [3.63, 3.8) is 0 Å². The van der Waals surface area contributed by atoms with Crippen LogP contribution in [0.25, 0.3) is 0 Å². The fourth-order valence-electron chi connectivity index (χ4n) is 1.55. The molecule has 0 radical (unpaired) electrons. The molecule has 1 saturated carbocycles. The van der Waals surface area contributed by atoms with E-state index in [2.05, 4.69) is 0 Å². The topological polar surface area (TPSA) is 35.2 Å². The number of hydrogen-bond donors (Lipinski definition) is 1. The molecule has 1 aromatic carbocycles. The lowest BCUT2D eigenvalue weighted by atomic mass is 10.1. The minimum absolute atomic E-state index is 0.276. The Morgan fingerprint density at radius 1 is 1.40 bits per heavy atom. The summed E-state index contributed by atoms with van der Waals surface area (Å²) in [6.45, 7) is 1.15. The molecule has 0 atom stereocenters. The second-order valence-corrected chi connectivity index (χ2v) is 4.02. The van der Waals surface area contributed by atoms with Gasteiger partial charge in [0.05, 0.1) is 6.61 Å². The van der Waals surface area contributed by atoms with E-state index in [1.807, 2.05) is 6.07 Å². The van der Waals surface area contributed by atoms with Crippen LogP contribution in [-0.2, 0) is 6.42 Å². The molecule has 0 bridgehead atoms. The average molecular weight is 209 g/mol. The van der Waals surface area contributed by atoms with Gasteiger partial charge in [0.1, 0.15) is 0 Å². The first-order chi connectivity index (χ1) is 7.31. The molecule has 1 aliphatic carbocycles. The molecule has 2 nitrogen and oxygen atoms in total. The molecule has 1 aliphatic rings. The van der Waals surface area contributed by atoms with Crippen LogP contribution < -0.4 is 10.5 Å². The molecule has 82 valence electrons. The molecule has 0 spiro atoms. The highest BCUT2D eigenvalue weighted by molar-refractivity contribution is 5.35. The van der Waals surface area contributed by atoms with Crippen molar-refractivity contribution >= 4 is 0 Å². The number of hydrogen-bond acceptors (Lipinski definition) is 2. The van der Waals surface area contributed by atoms with Gasteiger partial charge in [-0.3, -0.25) is 0 Å². The van der Waals surface area contributed by atoms with Gasteiger partial charge < -0.3 is 10.5 Å². The first-order valence-electron chi connectivity index (χ1n) is 5.41. The Hall–Kier alpha value is -1.09. The molecule has 0 unspecified atom stereocenters. The molecule has 1 aromatic rings. The van der Waals surface area contributed by atoms with Crippen LogP contribution in [0.5, 0.6) is 5.75 Å². The lowest BCUT2D eigenvalue weighted by Crippen LogP contribution is -2.08. The summed E-state index contributed by atoms with van der Waals surface area (Å²) in [6, 6.07) is 5.00. The summed E-state index contributed by atoms with van der Waals surface area (Å²) in [5.74, 6) is 0.756. The van der Waals surface area contributed by atoms with Crippen molar-refractivity contribution in [2.45, 2.75) is 19.3 Å². The Labute approximate surface area is 89.2 Å². The lowest BCUT2D eigenvalue weighted by molar-refractivity contribution is 0.282. The zero-order chi connectivity index (χ0) is 10.7. The number of benzene rings is 1. The maximum atomic E-state index is 13.5. The van der Waals surface area contributed by atoms with Crippen LogP contribution in [0.15, 0.2) is 18.2 Å². The summed E-state index contributed by atoms with van der Waals surface area (Å²) < 4.78 is 19.0. The predicted octanol–water partition coefficient (Wildman–Crippen LogP) is 2.12. The molecule has 0 heterocycles. The van der Waals surface area contributed by atoms with Crippen molar-refractivity contribution in [3.8, 4) is 5.75 Å². The van der Waals surface area contributed by atoms with Crippen LogP contribution in [-0.4, -0.2) is 13.2 Å². The Morgan fingerprint density at radius 2 is 2.20 bits per heavy atom. The monoisotopic (exact) mass is 209 g/mol. The van der Waals surface area contributed by atoms with Gasteiger partial charge in [-0.25, -0.2) is 4.39 Å². The van der Waals surface area contributed by atoms with Crippen molar-refractivity contribution in [2.75, 3.05) is 13.2 Å². The second kappa shape index (κ2) is 4.62. The third kappa shape index (κ3) is 2.69. The summed E-state index contributed by atoms with van der Waals surface area (Å²) >= 11 is 0. The van der Waals surface area contributed by atoms with Crippen LogP contribution in [0.1, 0.15) is 18.4 Å². The normalized spacial score (nSPS) is 15.3. The van der Waals surface area contributed by atoms with E-state index >= 15 is 0 Å². The fraction of sp³-hybridized carbons (Fsp3) is 0.500. The van der Waals surface area contributed by atoms with Crippen LogP contribution in [0.2, 0.25) is 0 Å². The first-order valence-corrected chi connectivity index (χ1v) is 5.41. The Balaban J connectivity index is 2.09. The maximum absolute atomic E-state index is 13.5. The standard InChI is InChI=1S/C12H16FNO/c13-11-3-1-2-10(6-7-14)12(11)15-8-9-4-5-9/h1-3,9H,4-8,14H2. The van der Waals surface area contributed by atoms with Crippen molar-refractivity contribution in [1.29, 1.82) is 0 Å². The van der Waals surface area contributed by atoms with Crippen LogP contribution in [0.3, 0.4) is 0 Å². The van der Waals surface area contributed by atoms with Gasteiger partial charge in [0.2, 0.25) is 0 Å². The molecule has 2 N–H and O–H groups in total. The lowest BCUT2D eigenvalue weighted by Gasteiger charge is -2.11. The van der Waals surface area contributed by atoms with Gasteiger partial charge in [0.25, 0.3) is 0 Å². The molecule has 1 fully saturated rings. The molecule has 0 amide bonds. The summed E-state index contributed by atoms with van der Waals surface area (Å²) in [7, 11) is 0. The SMILES string of the molecule is NCCc1cccc(F)c1OCC1CC1. The Morgan fingerprint density at radius 3 is 2.87 bits per heavy atom. The van der Waals surface area contributed by atoms with Crippen molar-refractivity contribution in [2.24, 2.45) is 11.7 Å². The van der Waals surface area contributed by atoms with Crippen LogP contribution >= 0.6 is 0 Å². The number of nitrogens with two attached hydrogens (primary N) is 1. The second-order valence-electron chi connectivity index (χ2n) is 4.02. The Kier molecular flexibility index (Phi) is 3.21. The largest absolute Gasteiger partial charge is 0.490 e. The van der Waals surface area contributed by atoms with E-state index in [0.29, 0.717) is 31.2 Å². The van der Waals surface area contributed by atoms with E-state index < -0.39 is 0 Å². The van der Waals surface area contributed by atoms with Gasteiger partial charge in [-0.1, -0.05) is 12.1 Å². The quantitative estimate of drug-likeness (QED) is 0.806. The molecule has 0 saturated heterocycles. The van der Waals surface area contributed by atoms with Crippen molar-refractivity contribution in [3.05, 3.63) is 29.6 Å². The maximum Gasteiger partial charge on any atom is 0.165 e. The molecular weight excluding hydrogens is 193 g/mol. The summed E-state index contributed by atoms with van der Waals surface area (Å²) in [5.41, 5.74) is 6.34. The van der Waals surface area contributed by atoms with E-state index in [-0.39, 0.29) is 5.82 Å². The molecule has 15 heavy (non-hydrogen) atoms. The molecular formula is C12H16FNO. The van der Waals surface area contributed by atoms with Crippen LogP contribution in [0, 0.1) is 11.7 Å². The van der Waals surface area contributed by atoms with E-state index in [1.165, 1.54) is 18.9 Å². The van der Waals surface area contributed by atoms with E-state index in [4.69, 9.17) is 10.5 Å². The molecule has 3 heteroatoms. The molecule has 0 aromatic heterocycles. The minimum Gasteiger partial charge on any atom is -0.490 e. The van der Waals surface area contributed by atoms with Gasteiger partial charge in [0, 0.05) is 0 Å². The molecule has 0 aliphatic heterocycles. The highest BCUT2D eigenvalue weighted by Gasteiger charge is 2.23. The fourth-order valence-corrected chi connectivity index (χ4v) is 1.55. The summed E-state index contributed by atoms with van der Waals surface area (Å²) in [4.78, 5) is 0. The minimum atomic E-state index is -0.276. The summed E-state index contributed by atoms with van der Waals surface area (Å²) in [6.07, 6.45) is 3.08. The van der Waals surface area contributed by atoms with E-state index in [9.17, 15) is 4.39 Å². The van der Waals surface area contributed by atoms with E-state index in [1.54, 1.807) is 6.07 Å². The zero-order valence-corrected chi connectivity index (χ0v) is 8.71. The van der Waals surface area contributed by atoms with Crippen molar-refractivity contribution in [1.82, 2.24) is 0 Å². The average Bonchev–Trinajstić information content (AvgIpc) is 3.01. The number of halogens is 1. The van der Waals surface area contributed by atoms with Crippen molar-refractivity contribution < 1.29 is 9.13 Å². The van der Waals surface area contributed by atoms with Gasteiger partial charge >= 0.3 is 0 Å². The predicted molar refractivity (Wildman–Crippen MR) is 57.4 cm³/mol. The zero-order valence-electron chi connectivity index (χ0n) is 8.71.